The molecule has 1 fully saturated rings. The van der Waals surface area contributed by atoms with E-state index in [1.807, 2.05) is 0 Å². The summed E-state index contributed by atoms with van der Waals surface area (Å²) in [5, 5.41) is 2.88. The van der Waals surface area contributed by atoms with Gasteiger partial charge in [0.25, 0.3) is 5.91 Å². The van der Waals surface area contributed by atoms with E-state index in [1.165, 1.54) is 6.07 Å². The van der Waals surface area contributed by atoms with Crippen molar-refractivity contribution in [2.24, 2.45) is 11.3 Å². The summed E-state index contributed by atoms with van der Waals surface area (Å²) >= 11 is 0. The van der Waals surface area contributed by atoms with E-state index in [0.717, 1.165) is 44.2 Å². The third-order valence-electron chi connectivity index (χ3n) is 5.25. The molecular formula is C18H25F2NO. The Balaban J connectivity index is 1.92. The van der Waals surface area contributed by atoms with E-state index in [-0.39, 0.29) is 11.6 Å². The fourth-order valence-corrected chi connectivity index (χ4v) is 3.24. The van der Waals surface area contributed by atoms with Gasteiger partial charge in [-0.2, -0.15) is 0 Å². The Kier molecular flexibility index (Phi) is 5.20. The van der Waals surface area contributed by atoms with E-state index in [2.05, 4.69) is 26.1 Å². The van der Waals surface area contributed by atoms with Crippen LogP contribution in [-0.2, 0) is 0 Å². The molecule has 1 N–H and O–H groups in total. The van der Waals surface area contributed by atoms with E-state index in [9.17, 15) is 13.6 Å². The van der Waals surface area contributed by atoms with Crippen molar-refractivity contribution in [3.05, 3.63) is 35.4 Å². The van der Waals surface area contributed by atoms with Gasteiger partial charge in [-0.1, -0.05) is 27.2 Å². The zero-order valence-corrected chi connectivity index (χ0v) is 13.6. The summed E-state index contributed by atoms with van der Waals surface area (Å²) in [4.78, 5) is 12.1. The molecule has 1 amide bonds. The molecule has 4 heteroatoms. The van der Waals surface area contributed by atoms with Gasteiger partial charge in [0, 0.05) is 12.1 Å². The van der Waals surface area contributed by atoms with Crippen molar-refractivity contribution in [3.8, 4) is 0 Å². The number of hydrogen-bond acceptors (Lipinski definition) is 1. The molecule has 22 heavy (non-hydrogen) atoms. The van der Waals surface area contributed by atoms with E-state index in [0.29, 0.717) is 11.3 Å². The Labute approximate surface area is 131 Å². The average molecular weight is 309 g/mol. The van der Waals surface area contributed by atoms with Crippen molar-refractivity contribution >= 4 is 5.91 Å². The smallest absolute Gasteiger partial charge is 0.254 e. The maximum Gasteiger partial charge on any atom is 0.254 e. The van der Waals surface area contributed by atoms with Crippen LogP contribution < -0.4 is 5.32 Å². The van der Waals surface area contributed by atoms with Crippen molar-refractivity contribution in [1.82, 2.24) is 5.32 Å². The molecule has 0 bridgehead atoms. The van der Waals surface area contributed by atoms with Crippen LogP contribution in [0.1, 0.15) is 63.2 Å². The maximum absolute atomic E-state index is 13.6. The SMILES string of the molecule is CCC(C)(C)C1CCC(NC(=O)c2ccc(F)cc2F)CC1. The molecule has 1 aromatic carbocycles. The van der Waals surface area contributed by atoms with Crippen LogP contribution in [-0.4, -0.2) is 11.9 Å². The first-order chi connectivity index (χ1) is 10.3. The zero-order valence-electron chi connectivity index (χ0n) is 13.6. The number of amides is 1. The van der Waals surface area contributed by atoms with Crippen LogP contribution >= 0.6 is 0 Å². The molecule has 0 aromatic heterocycles. The molecule has 1 aliphatic carbocycles. The second-order valence-corrected chi connectivity index (χ2v) is 6.99. The molecule has 0 radical (unpaired) electrons. The van der Waals surface area contributed by atoms with Crippen LogP contribution in [0.3, 0.4) is 0 Å². The van der Waals surface area contributed by atoms with Gasteiger partial charge in [-0.05, 0) is 49.1 Å². The number of hydrogen-bond donors (Lipinski definition) is 1. The van der Waals surface area contributed by atoms with Crippen LogP contribution in [0, 0.1) is 23.0 Å². The largest absolute Gasteiger partial charge is 0.349 e. The number of halogens is 2. The lowest BCUT2D eigenvalue weighted by molar-refractivity contribution is 0.0889. The van der Waals surface area contributed by atoms with Gasteiger partial charge in [0.1, 0.15) is 11.6 Å². The Bertz CT molecular complexity index is 534. The van der Waals surface area contributed by atoms with E-state index in [1.54, 1.807) is 0 Å². The van der Waals surface area contributed by atoms with Crippen molar-refractivity contribution in [1.29, 1.82) is 0 Å². The minimum absolute atomic E-state index is 0.0841. The Hall–Kier alpha value is -1.45. The lowest BCUT2D eigenvalue weighted by Gasteiger charge is -2.39. The Morgan fingerprint density at radius 1 is 1.23 bits per heavy atom. The fourth-order valence-electron chi connectivity index (χ4n) is 3.24. The molecule has 1 aromatic rings. The van der Waals surface area contributed by atoms with Gasteiger partial charge in [0.2, 0.25) is 0 Å². The highest BCUT2D eigenvalue weighted by atomic mass is 19.1. The lowest BCUT2D eigenvalue weighted by atomic mass is 9.69. The van der Waals surface area contributed by atoms with E-state index >= 15 is 0 Å². The van der Waals surface area contributed by atoms with Gasteiger partial charge < -0.3 is 5.32 Å². The van der Waals surface area contributed by atoms with Crippen molar-refractivity contribution < 1.29 is 13.6 Å². The molecule has 0 spiro atoms. The predicted molar refractivity (Wildman–Crippen MR) is 83.6 cm³/mol. The monoisotopic (exact) mass is 309 g/mol. The maximum atomic E-state index is 13.6. The van der Waals surface area contributed by atoms with Gasteiger partial charge in [-0.25, -0.2) is 8.78 Å². The number of carbonyl (C=O) groups is 1. The summed E-state index contributed by atoms with van der Waals surface area (Å²) in [5.41, 5.74) is 0.246. The number of carbonyl (C=O) groups excluding carboxylic acids is 1. The first-order valence-electron chi connectivity index (χ1n) is 8.09. The summed E-state index contributed by atoms with van der Waals surface area (Å²) in [6.07, 6.45) is 5.15. The molecule has 2 nitrogen and oxygen atoms in total. The Morgan fingerprint density at radius 3 is 2.41 bits per heavy atom. The van der Waals surface area contributed by atoms with Crippen LogP contribution in [0.15, 0.2) is 18.2 Å². The van der Waals surface area contributed by atoms with Crippen molar-refractivity contribution in [2.75, 3.05) is 0 Å². The summed E-state index contributed by atoms with van der Waals surface area (Å²) in [5.74, 6) is -1.25. The molecule has 0 unspecified atom stereocenters. The summed E-state index contributed by atoms with van der Waals surface area (Å²) < 4.78 is 26.5. The molecule has 0 atom stereocenters. The number of rotatable bonds is 4. The number of nitrogens with one attached hydrogen (secondary N) is 1. The molecule has 0 heterocycles. The van der Waals surface area contributed by atoms with Gasteiger partial charge in [-0.3, -0.25) is 4.79 Å². The minimum atomic E-state index is -0.807. The molecule has 122 valence electrons. The van der Waals surface area contributed by atoms with Crippen LogP contribution in [0.4, 0.5) is 8.78 Å². The third kappa shape index (κ3) is 3.84. The molecule has 0 aliphatic heterocycles. The van der Waals surface area contributed by atoms with Crippen LogP contribution in [0.2, 0.25) is 0 Å². The normalized spacial score (nSPS) is 22.4. The summed E-state index contributed by atoms with van der Waals surface area (Å²) in [7, 11) is 0. The zero-order chi connectivity index (χ0) is 16.3. The molecule has 2 rings (SSSR count). The van der Waals surface area contributed by atoms with Crippen LogP contribution in [0.5, 0.6) is 0 Å². The molecule has 1 saturated carbocycles. The van der Waals surface area contributed by atoms with E-state index < -0.39 is 17.5 Å². The van der Waals surface area contributed by atoms with Gasteiger partial charge in [0.15, 0.2) is 0 Å². The van der Waals surface area contributed by atoms with Gasteiger partial charge >= 0.3 is 0 Å². The van der Waals surface area contributed by atoms with Crippen LogP contribution in [0.25, 0.3) is 0 Å². The standard InChI is InChI=1S/C18H25F2NO/c1-4-18(2,3)12-5-8-14(9-6-12)21-17(22)15-10-7-13(19)11-16(15)20/h7,10-12,14H,4-6,8-9H2,1-3H3,(H,21,22). The quantitative estimate of drug-likeness (QED) is 0.859. The second-order valence-electron chi connectivity index (χ2n) is 6.99. The average Bonchev–Trinajstić information content (AvgIpc) is 2.47. The summed E-state index contributed by atoms with van der Waals surface area (Å²) in [6.45, 7) is 6.81. The number of benzene rings is 1. The third-order valence-corrected chi connectivity index (χ3v) is 5.25. The first-order valence-corrected chi connectivity index (χ1v) is 8.09. The second kappa shape index (κ2) is 6.76. The lowest BCUT2D eigenvalue weighted by Crippen LogP contribution is -2.40. The topological polar surface area (TPSA) is 29.1 Å². The summed E-state index contributed by atoms with van der Waals surface area (Å²) in [6, 6.07) is 3.14. The van der Waals surface area contributed by atoms with Crippen molar-refractivity contribution in [3.63, 3.8) is 0 Å². The van der Waals surface area contributed by atoms with E-state index in [4.69, 9.17) is 0 Å². The van der Waals surface area contributed by atoms with Gasteiger partial charge in [-0.15, -0.1) is 0 Å². The van der Waals surface area contributed by atoms with Crippen molar-refractivity contribution in [2.45, 2.75) is 58.9 Å². The van der Waals surface area contributed by atoms with Gasteiger partial charge in [0.05, 0.1) is 5.56 Å². The highest BCUT2D eigenvalue weighted by Gasteiger charge is 2.32. The predicted octanol–water partition coefficient (Wildman–Crippen LogP) is 4.69. The molecule has 1 aliphatic rings. The Morgan fingerprint density at radius 2 is 1.86 bits per heavy atom. The molecular weight excluding hydrogens is 284 g/mol. The molecule has 0 saturated heterocycles. The first kappa shape index (κ1) is 16.9. The minimum Gasteiger partial charge on any atom is -0.349 e. The fraction of sp³-hybridized carbons (Fsp3) is 0.611. The highest BCUT2D eigenvalue weighted by molar-refractivity contribution is 5.94. The highest BCUT2D eigenvalue weighted by Crippen LogP contribution is 2.40.